The van der Waals surface area contributed by atoms with Gasteiger partial charge in [-0.15, -0.1) is 0 Å². The molecule has 0 saturated carbocycles. The summed E-state index contributed by atoms with van der Waals surface area (Å²) in [6, 6.07) is 0. The average molecular weight is 211 g/mol. The summed E-state index contributed by atoms with van der Waals surface area (Å²) in [4.78, 5) is 0. The first kappa shape index (κ1) is 16.0. The van der Waals surface area contributed by atoms with Crippen LogP contribution in [0.15, 0.2) is 0 Å². The molecule has 0 amide bonds. The van der Waals surface area contributed by atoms with E-state index in [9.17, 15) is 0 Å². The van der Waals surface area contributed by atoms with Gasteiger partial charge in [0, 0.05) is 0 Å². The molecule has 0 atom stereocenters. The van der Waals surface area contributed by atoms with Gasteiger partial charge in [-0.1, -0.05) is 0 Å². The normalized spacial score (nSPS) is 8.29. The molecule has 0 unspecified atom stereocenters. The van der Waals surface area contributed by atoms with E-state index in [0.29, 0.717) is 0 Å². The van der Waals surface area contributed by atoms with Crippen LogP contribution < -0.4 is 0 Å². The fourth-order valence-corrected chi connectivity index (χ4v) is 0. The molecule has 0 fully saturated rings. The van der Waals surface area contributed by atoms with E-state index in [1.165, 1.54) is 0 Å². The van der Waals surface area contributed by atoms with E-state index in [2.05, 4.69) is 11.7 Å². The van der Waals surface area contributed by atoms with Crippen LogP contribution in [0.1, 0.15) is 0 Å². The third-order valence-corrected chi connectivity index (χ3v) is 0. The van der Waals surface area contributed by atoms with E-state index in [1.807, 2.05) is 0 Å². The zero-order valence-electron chi connectivity index (χ0n) is 2.12. The van der Waals surface area contributed by atoms with E-state index in [4.69, 9.17) is 13.0 Å². The maximum atomic E-state index is 9.05. The second-order valence-electron chi connectivity index (χ2n) is 0.448. The molecule has 0 aromatic heterocycles. The van der Waals surface area contributed by atoms with Crippen molar-refractivity contribution in [2.75, 3.05) is 0 Å². The van der Waals surface area contributed by atoms with Crippen molar-refractivity contribution >= 4 is 70.2 Å². The number of rotatable bonds is 0. The Labute approximate surface area is 82.2 Å². The third-order valence-electron chi connectivity index (χ3n) is 0. The van der Waals surface area contributed by atoms with Crippen LogP contribution in [0.25, 0.3) is 0 Å². The van der Waals surface area contributed by atoms with Gasteiger partial charge in [-0.3, -0.25) is 4.55 Å². The first-order chi connectivity index (χ1) is 2.00. The summed E-state index contributed by atoms with van der Waals surface area (Å²) in [5.74, 6) is 0. The van der Waals surface area contributed by atoms with Crippen LogP contribution in [0.2, 0.25) is 0 Å². The van der Waals surface area contributed by atoms with Crippen molar-refractivity contribution in [3.05, 3.63) is 0 Å². The Hall–Kier alpha value is 1.90. The van der Waals surface area contributed by atoms with E-state index in [-0.39, 0.29) is 49.3 Å². The Morgan fingerprint density at radius 2 is 1.43 bits per heavy atom. The Morgan fingerprint density at radius 3 is 1.43 bits per heavy atom. The molecule has 3 nitrogen and oxygen atoms in total. The summed E-state index contributed by atoms with van der Waals surface area (Å²) < 4.78 is 25.5. The monoisotopic (exact) mass is 210 g/mol. The molecular weight excluding hydrogens is 205 g/mol. The Kier molecular flexibility index (Phi) is 13.7. The quantitative estimate of drug-likeness (QED) is 0.208. The fourth-order valence-electron chi connectivity index (χ4n) is 0. The van der Waals surface area contributed by atoms with Crippen molar-refractivity contribution in [3.8, 4) is 0 Å². The predicted octanol–water partition coefficient (Wildman–Crippen LogP) is -2.11. The molecule has 0 rings (SSSR count). The van der Waals surface area contributed by atoms with Crippen molar-refractivity contribution in [1.82, 2.24) is 0 Å². The molecule has 0 spiro atoms. The summed E-state index contributed by atoms with van der Waals surface area (Å²) in [6.45, 7) is 0. The van der Waals surface area contributed by atoms with Gasteiger partial charge < -0.3 is 0 Å². The Bertz CT molecular complexity index is 96.1. The molecule has 7 heteroatoms. The molecule has 0 aliphatic rings. The second-order valence-corrected chi connectivity index (χ2v) is 2.73. The average Bonchev–Trinajstić information content (AvgIpc) is 0.722. The second kappa shape index (κ2) is 6.02. The number of hydrogen-bond donors (Lipinski definition) is 2. The van der Waals surface area contributed by atoms with Crippen LogP contribution in [0.3, 0.4) is 0 Å². The molecular formula is H6GaNaO3S2. The summed E-state index contributed by atoms with van der Waals surface area (Å²) in [6.07, 6.45) is 0. The summed E-state index contributed by atoms with van der Waals surface area (Å²) in [5, 5.41) is 0. The minimum absolute atomic E-state index is 0. The van der Waals surface area contributed by atoms with Crippen LogP contribution in [-0.2, 0) is 9.15 Å². The number of hydrogen-bond acceptors (Lipinski definition) is 2. The van der Waals surface area contributed by atoms with Crippen LogP contribution in [0.4, 0.5) is 0 Å². The van der Waals surface area contributed by atoms with Crippen molar-refractivity contribution in [2.24, 2.45) is 0 Å². The molecule has 0 aliphatic heterocycles. The van der Waals surface area contributed by atoms with Gasteiger partial charge in [0.2, 0.25) is 0 Å². The van der Waals surface area contributed by atoms with Gasteiger partial charge in [0.1, 0.15) is 0 Å². The van der Waals surface area contributed by atoms with Gasteiger partial charge in [0.05, 0.1) is 0 Å². The standard InChI is InChI=1S/Ga.Na.H2O3S2.4H/c;;1-5(2,3)4;;;;/h;;(H2,1,2,3,4);;;;. The summed E-state index contributed by atoms with van der Waals surface area (Å²) in [5.41, 5.74) is 0. The van der Waals surface area contributed by atoms with E-state index >= 15 is 0 Å². The molecule has 0 saturated heterocycles. The number of thiol groups is 1. The van der Waals surface area contributed by atoms with E-state index in [1.54, 1.807) is 0 Å². The molecule has 0 aromatic carbocycles. The molecule has 0 radical (unpaired) electrons. The van der Waals surface area contributed by atoms with E-state index < -0.39 is 9.15 Å². The first-order valence-corrected chi connectivity index (χ1v) is 3.19. The Balaban J connectivity index is -0.0000000800. The van der Waals surface area contributed by atoms with Crippen LogP contribution in [0.5, 0.6) is 0 Å². The molecule has 7 heavy (non-hydrogen) atoms. The van der Waals surface area contributed by atoms with Gasteiger partial charge in [-0.05, 0) is 11.7 Å². The first-order valence-electron chi connectivity index (χ1n) is 0.698. The molecule has 1 N–H and O–H groups in total. The molecule has 0 aromatic rings. The molecule has 40 valence electrons. The van der Waals surface area contributed by atoms with Crippen molar-refractivity contribution < 1.29 is 13.0 Å². The molecule has 0 aliphatic carbocycles. The summed E-state index contributed by atoms with van der Waals surface area (Å²) >= 11 is 2.65. The van der Waals surface area contributed by atoms with Crippen LogP contribution in [-0.4, -0.2) is 62.3 Å². The predicted molar refractivity (Wildman–Crippen MR) is 37.6 cm³/mol. The Morgan fingerprint density at radius 1 is 1.43 bits per heavy atom. The zero-order valence-corrected chi connectivity index (χ0v) is 3.83. The van der Waals surface area contributed by atoms with Gasteiger partial charge in [-0.2, -0.15) is 8.42 Å². The topological polar surface area (TPSA) is 54.4 Å². The molecule has 0 heterocycles. The van der Waals surface area contributed by atoms with Crippen molar-refractivity contribution in [3.63, 3.8) is 0 Å². The van der Waals surface area contributed by atoms with Gasteiger partial charge in [0.25, 0.3) is 0 Å². The van der Waals surface area contributed by atoms with E-state index in [0.717, 1.165) is 0 Å². The maximum absolute atomic E-state index is 9.05. The van der Waals surface area contributed by atoms with Crippen LogP contribution in [0, 0.1) is 0 Å². The SMILES string of the molecule is O=S(=O)(O)S.[GaH3].[NaH]. The summed E-state index contributed by atoms with van der Waals surface area (Å²) in [7, 11) is -3.97. The van der Waals surface area contributed by atoms with Crippen molar-refractivity contribution in [1.29, 1.82) is 0 Å². The fraction of sp³-hybridized carbons (Fsp3) is 0. The molecule has 0 bridgehead atoms. The minimum atomic E-state index is -3.97. The third kappa shape index (κ3) is 76.3. The zero-order chi connectivity index (χ0) is 4.50. The van der Waals surface area contributed by atoms with Gasteiger partial charge in [0.15, 0.2) is 0 Å². The van der Waals surface area contributed by atoms with Gasteiger partial charge in [-0.25, -0.2) is 0 Å². The van der Waals surface area contributed by atoms with Crippen molar-refractivity contribution in [2.45, 2.75) is 0 Å². The van der Waals surface area contributed by atoms with Crippen LogP contribution >= 0.6 is 11.7 Å². The van der Waals surface area contributed by atoms with Gasteiger partial charge >= 0.3 is 58.5 Å².